The quantitative estimate of drug-likeness (QED) is 0.542. The van der Waals surface area contributed by atoms with Gasteiger partial charge in [0.1, 0.15) is 0 Å². The van der Waals surface area contributed by atoms with Crippen LogP contribution in [0.4, 0.5) is 0 Å². The van der Waals surface area contributed by atoms with Crippen molar-refractivity contribution >= 4 is 0 Å². The van der Waals surface area contributed by atoms with Gasteiger partial charge in [0, 0.05) is 6.61 Å². The van der Waals surface area contributed by atoms with Crippen LogP contribution in [0.1, 0.15) is 32.3 Å². The van der Waals surface area contributed by atoms with E-state index in [0.29, 0.717) is 6.10 Å². The Bertz CT molecular complexity index is 319. The highest BCUT2D eigenvalue weighted by Gasteiger charge is 2.46. The van der Waals surface area contributed by atoms with Gasteiger partial charge in [0.25, 0.3) is 0 Å². The summed E-state index contributed by atoms with van der Waals surface area (Å²) in [6, 6.07) is 10.3. The Kier molecular flexibility index (Phi) is 3.62. The van der Waals surface area contributed by atoms with Crippen molar-refractivity contribution in [3.63, 3.8) is 0 Å². The molecule has 1 aromatic carbocycles. The predicted octanol–water partition coefficient (Wildman–Crippen LogP) is 3.16. The first kappa shape index (κ1) is 11.6. The second-order valence-corrected chi connectivity index (χ2v) is 4.89. The second-order valence-electron chi connectivity index (χ2n) is 4.89. The molecule has 88 valence electrons. The molecule has 1 aliphatic heterocycles. The Balaban J connectivity index is 1.53. The normalized spacial score (nSPS) is 22.0. The number of ether oxygens (including phenoxy) is 2. The Morgan fingerprint density at radius 1 is 1.25 bits per heavy atom. The topological polar surface area (TPSA) is 21.8 Å². The van der Waals surface area contributed by atoms with Gasteiger partial charge in [0.2, 0.25) is 0 Å². The number of epoxide rings is 1. The summed E-state index contributed by atoms with van der Waals surface area (Å²) in [6.45, 7) is 5.82. The molecular weight excluding hydrogens is 200 g/mol. The van der Waals surface area contributed by atoms with Gasteiger partial charge in [-0.25, -0.2) is 0 Å². The molecule has 1 aliphatic rings. The summed E-state index contributed by atoms with van der Waals surface area (Å²) in [5, 5.41) is 0. The molecule has 0 radical (unpaired) electrons. The summed E-state index contributed by atoms with van der Waals surface area (Å²) in [5.74, 6) is 0. The SMILES string of the molecule is CC1(C)O[C@@H]1CCCOCc1ccccc1. The first-order valence-electron chi connectivity index (χ1n) is 5.98. The van der Waals surface area contributed by atoms with Gasteiger partial charge < -0.3 is 9.47 Å². The lowest BCUT2D eigenvalue weighted by molar-refractivity contribution is 0.115. The fourth-order valence-electron chi connectivity index (χ4n) is 1.87. The maximum absolute atomic E-state index is 5.61. The zero-order chi connectivity index (χ0) is 11.4. The van der Waals surface area contributed by atoms with E-state index < -0.39 is 0 Å². The summed E-state index contributed by atoms with van der Waals surface area (Å²) < 4.78 is 11.1. The standard InChI is InChI=1S/C14H20O2/c1-14(2)13(16-14)9-6-10-15-11-12-7-4-3-5-8-12/h3-5,7-8,13H,6,9-11H2,1-2H3/t13-/m1/s1. The molecule has 0 amide bonds. The van der Waals surface area contributed by atoms with Gasteiger partial charge in [-0.1, -0.05) is 30.3 Å². The number of rotatable bonds is 6. The van der Waals surface area contributed by atoms with Crippen LogP contribution in [0.5, 0.6) is 0 Å². The average Bonchev–Trinajstić information content (AvgIpc) is 2.87. The first-order chi connectivity index (χ1) is 7.68. The average molecular weight is 220 g/mol. The lowest BCUT2D eigenvalue weighted by Gasteiger charge is -2.03. The van der Waals surface area contributed by atoms with E-state index in [-0.39, 0.29) is 5.60 Å². The van der Waals surface area contributed by atoms with Gasteiger partial charge >= 0.3 is 0 Å². The van der Waals surface area contributed by atoms with E-state index in [2.05, 4.69) is 26.0 Å². The number of benzene rings is 1. The number of hydrogen-bond donors (Lipinski definition) is 0. The van der Waals surface area contributed by atoms with Gasteiger partial charge in [0.05, 0.1) is 18.3 Å². The minimum absolute atomic E-state index is 0.124. The Labute approximate surface area is 97.6 Å². The largest absolute Gasteiger partial charge is 0.377 e. The molecule has 1 fully saturated rings. The van der Waals surface area contributed by atoms with Crippen molar-refractivity contribution in [2.24, 2.45) is 0 Å². The van der Waals surface area contributed by atoms with E-state index in [0.717, 1.165) is 26.1 Å². The zero-order valence-electron chi connectivity index (χ0n) is 10.1. The third-order valence-corrected chi connectivity index (χ3v) is 3.03. The van der Waals surface area contributed by atoms with Gasteiger partial charge in [0.15, 0.2) is 0 Å². The number of hydrogen-bond acceptors (Lipinski definition) is 2. The highest BCUT2D eigenvalue weighted by molar-refractivity contribution is 5.13. The van der Waals surface area contributed by atoms with Gasteiger partial charge in [-0.2, -0.15) is 0 Å². The zero-order valence-corrected chi connectivity index (χ0v) is 10.1. The molecule has 0 unspecified atom stereocenters. The fraction of sp³-hybridized carbons (Fsp3) is 0.571. The molecule has 2 heteroatoms. The van der Waals surface area contributed by atoms with E-state index in [4.69, 9.17) is 9.47 Å². The molecule has 16 heavy (non-hydrogen) atoms. The van der Waals surface area contributed by atoms with Gasteiger partial charge in [-0.3, -0.25) is 0 Å². The minimum Gasteiger partial charge on any atom is -0.377 e. The Hall–Kier alpha value is -0.860. The smallest absolute Gasteiger partial charge is 0.0892 e. The van der Waals surface area contributed by atoms with E-state index in [9.17, 15) is 0 Å². The maximum atomic E-state index is 5.61. The summed E-state index contributed by atoms with van der Waals surface area (Å²) in [5.41, 5.74) is 1.37. The molecule has 0 bridgehead atoms. The van der Waals surface area contributed by atoms with Gasteiger partial charge in [-0.15, -0.1) is 0 Å². The molecule has 1 aromatic rings. The minimum atomic E-state index is 0.124. The van der Waals surface area contributed by atoms with Crippen molar-refractivity contribution in [2.45, 2.75) is 45.0 Å². The van der Waals surface area contributed by atoms with Crippen molar-refractivity contribution in [2.75, 3.05) is 6.61 Å². The second kappa shape index (κ2) is 4.98. The highest BCUT2D eigenvalue weighted by Crippen LogP contribution is 2.38. The highest BCUT2D eigenvalue weighted by atomic mass is 16.6. The molecule has 1 heterocycles. The van der Waals surface area contributed by atoms with Gasteiger partial charge in [-0.05, 0) is 32.3 Å². The van der Waals surface area contributed by atoms with Crippen LogP contribution in [0.25, 0.3) is 0 Å². The van der Waals surface area contributed by atoms with E-state index >= 15 is 0 Å². The van der Waals surface area contributed by atoms with Crippen LogP contribution in [0.15, 0.2) is 30.3 Å². The third-order valence-electron chi connectivity index (χ3n) is 3.03. The third kappa shape index (κ3) is 3.32. The van der Waals surface area contributed by atoms with Crippen LogP contribution in [0, 0.1) is 0 Å². The Morgan fingerprint density at radius 3 is 2.56 bits per heavy atom. The lowest BCUT2D eigenvalue weighted by Crippen LogP contribution is -2.04. The van der Waals surface area contributed by atoms with E-state index in [1.54, 1.807) is 0 Å². The van der Waals surface area contributed by atoms with Crippen molar-refractivity contribution in [3.8, 4) is 0 Å². The van der Waals surface area contributed by atoms with Crippen molar-refractivity contribution < 1.29 is 9.47 Å². The molecule has 0 spiro atoms. The first-order valence-corrected chi connectivity index (χ1v) is 5.98. The van der Waals surface area contributed by atoms with Crippen LogP contribution >= 0.6 is 0 Å². The summed E-state index contributed by atoms with van der Waals surface area (Å²) in [4.78, 5) is 0. The van der Waals surface area contributed by atoms with Crippen LogP contribution in [-0.4, -0.2) is 18.3 Å². The maximum Gasteiger partial charge on any atom is 0.0892 e. The lowest BCUT2D eigenvalue weighted by atomic mass is 10.1. The van der Waals surface area contributed by atoms with Crippen molar-refractivity contribution in [1.82, 2.24) is 0 Å². The summed E-state index contributed by atoms with van der Waals surface area (Å²) in [7, 11) is 0. The fourth-order valence-corrected chi connectivity index (χ4v) is 1.87. The molecule has 0 N–H and O–H groups in total. The molecule has 1 saturated heterocycles. The molecular formula is C14H20O2. The van der Waals surface area contributed by atoms with E-state index in [1.807, 2.05) is 18.2 Å². The monoisotopic (exact) mass is 220 g/mol. The van der Waals surface area contributed by atoms with Crippen LogP contribution in [0.3, 0.4) is 0 Å². The molecule has 2 rings (SSSR count). The molecule has 0 aliphatic carbocycles. The summed E-state index contributed by atoms with van der Waals surface area (Å²) in [6.07, 6.45) is 2.65. The molecule has 2 nitrogen and oxygen atoms in total. The van der Waals surface area contributed by atoms with Crippen LogP contribution in [0.2, 0.25) is 0 Å². The predicted molar refractivity (Wildman–Crippen MR) is 64.3 cm³/mol. The molecule has 1 atom stereocenters. The van der Waals surface area contributed by atoms with Crippen molar-refractivity contribution in [1.29, 1.82) is 0 Å². The molecule has 0 saturated carbocycles. The molecule has 0 aromatic heterocycles. The summed E-state index contributed by atoms with van der Waals surface area (Å²) >= 11 is 0. The Morgan fingerprint density at radius 2 is 1.94 bits per heavy atom. The van der Waals surface area contributed by atoms with Crippen LogP contribution in [-0.2, 0) is 16.1 Å². The van der Waals surface area contributed by atoms with Crippen LogP contribution < -0.4 is 0 Å². The van der Waals surface area contributed by atoms with E-state index in [1.165, 1.54) is 5.56 Å². The van der Waals surface area contributed by atoms with Crippen molar-refractivity contribution in [3.05, 3.63) is 35.9 Å².